The van der Waals surface area contributed by atoms with Crippen LogP contribution >= 0.6 is 0 Å². The molecule has 0 bridgehead atoms. The predicted molar refractivity (Wildman–Crippen MR) is 72.7 cm³/mol. The maximum Gasteiger partial charge on any atom is 0.185 e. The summed E-state index contributed by atoms with van der Waals surface area (Å²) in [6.45, 7) is 4.99. The molecule has 0 aliphatic rings. The Hall–Kier alpha value is -1.61. The molecule has 2 N–H and O–H groups in total. The van der Waals surface area contributed by atoms with Gasteiger partial charge in [-0.1, -0.05) is 0 Å². The van der Waals surface area contributed by atoms with Gasteiger partial charge in [0, 0.05) is 25.4 Å². The summed E-state index contributed by atoms with van der Waals surface area (Å²) in [5, 5.41) is 21.7. The Bertz CT molecular complexity index is 394. The molecular formula is C14H20N2O3. The van der Waals surface area contributed by atoms with Crippen molar-refractivity contribution in [2.75, 3.05) is 25.1 Å². The Morgan fingerprint density at radius 3 is 2.26 bits per heavy atom. The van der Waals surface area contributed by atoms with Gasteiger partial charge in [-0.25, -0.2) is 0 Å². The maximum atomic E-state index is 9.97. The van der Waals surface area contributed by atoms with E-state index < -0.39 is 12.4 Å². The van der Waals surface area contributed by atoms with Gasteiger partial charge in [-0.05, 0) is 38.1 Å². The normalized spacial score (nSPS) is 12.2. The largest absolute Gasteiger partial charge is 0.386 e. The van der Waals surface area contributed by atoms with Gasteiger partial charge in [-0.15, -0.1) is 0 Å². The van der Waals surface area contributed by atoms with Gasteiger partial charge in [0.15, 0.2) is 6.29 Å². The summed E-state index contributed by atoms with van der Waals surface area (Å²) in [4.78, 5) is 0. The zero-order valence-electron chi connectivity index (χ0n) is 11.3. The van der Waals surface area contributed by atoms with Crippen molar-refractivity contribution in [2.24, 2.45) is 0 Å². The van der Waals surface area contributed by atoms with E-state index in [1.807, 2.05) is 13.8 Å². The fourth-order valence-corrected chi connectivity index (χ4v) is 1.58. The summed E-state index contributed by atoms with van der Waals surface area (Å²) in [5.41, 5.74) is 1.44. The third-order valence-electron chi connectivity index (χ3n) is 2.51. The molecule has 1 unspecified atom stereocenters. The zero-order valence-corrected chi connectivity index (χ0v) is 11.3. The summed E-state index contributed by atoms with van der Waals surface area (Å²) >= 11 is 0. The minimum absolute atomic E-state index is 0.316. The fraction of sp³-hybridized carbons (Fsp3) is 0.500. The third-order valence-corrected chi connectivity index (χ3v) is 2.51. The Kier molecular flexibility index (Phi) is 6.90. The molecule has 0 aliphatic heterocycles. The second-order valence-electron chi connectivity index (χ2n) is 3.92. The summed E-state index contributed by atoms with van der Waals surface area (Å²) in [6.07, 6.45) is -1.38. The van der Waals surface area contributed by atoms with E-state index >= 15 is 0 Å². The van der Waals surface area contributed by atoms with E-state index in [9.17, 15) is 5.11 Å². The van der Waals surface area contributed by atoms with Gasteiger partial charge >= 0.3 is 0 Å². The number of rotatable bonds is 8. The number of aliphatic hydroxyl groups excluding tert-OH is 1. The number of nitrogens with zero attached hydrogens (tertiary/aromatic N) is 1. The van der Waals surface area contributed by atoms with E-state index in [-0.39, 0.29) is 0 Å². The van der Waals surface area contributed by atoms with Crippen LogP contribution in [-0.2, 0) is 9.47 Å². The lowest BCUT2D eigenvalue weighted by atomic mass is 10.2. The van der Waals surface area contributed by atoms with Crippen molar-refractivity contribution in [3.8, 4) is 6.07 Å². The Balaban J connectivity index is 2.47. The molecule has 0 amide bonds. The summed E-state index contributed by atoms with van der Waals surface area (Å²) in [7, 11) is 0. The van der Waals surface area contributed by atoms with Crippen LogP contribution in [0.3, 0.4) is 0 Å². The number of benzene rings is 1. The van der Waals surface area contributed by atoms with E-state index in [0.29, 0.717) is 25.3 Å². The lowest BCUT2D eigenvalue weighted by Crippen LogP contribution is -2.37. The van der Waals surface area contributed by atoms with Gasteiger partial charge in [0.1, 0.15) is 6.10 Å². The number of aliphatic hydroxyl groups is 1. The number of hydrogen-bond donors (Lipinski definition) is 2. The molecule has 5 heteroatoms. The molecule has 0 fully saturated rings. The summed E-state index contributed by atoms with van der Waals surface area (Å²) < 4.78 is 10.6. The van der Waals surface area contributed by atoms with E-state index in [0.717, 1.165) is 5.69 Å². The first-order valence-electron chi connectivity index (χ1n) is 6.36. The van der Waals surface area contributed by atoms with Crippen molar-refractivity contribution in [1.29, 1.82) is 5.26 Å². The molecule has 0 aromatic heterocycles. The number of hydrogen-bond acceptors (Lipinski definition) is 5. The standard InChI is InChI=1S/C14H20N2O3/c1-3-18-14(19-4-2)13(17)10-16-12-7-5-11(9-15)6-8-12/h5-8,13-14,16-17H,3-4,10H2,1-2H3. The molecule has 1 rings (SSSR count). The first-order valence-corrected chi connectivity index (χ1v) is 6.36. The molecular weight excluding hydrogens is 244 g/mol. The van der Waals surface area contributed by atoms with Crippen molar-refractivity contribution < 1.29 is 14.6 Å². The first kappa shape index (κ1) is 15.4. The molecule has 1 aromatic rings. The molecule has 0 aliphatic carbocycles. The maximum absolute atomic E-state index is 9.97. The smallest absolute Gasteiger partial charge is 0.185 e. The van der Waals surface area contributed by atoms with Gasteiger partial charge in [-0.3, -0.25) is 0 Å². The average molecular weight is 264 g/mol. The molecule has 0 heterocycles. The first-order chi connectivity index (χ1) is 9.21. The molecule has 0 radical (unpaired) electrons. The van der Waals surface area contributed by atoms with Gasteiger partial charge < -0.3 is 19.9 Å². The lowest BCUT2D eigenvalue weighted by Gasteiger charge is -2.23. The average Bonchev–Trinajstić information content (AvgIpc) is 2.45. The second-order valence-corrected chi connectivity index (χ2v) is 3.92. The van der Waals surface area contributed by atoms with Crippen LogP contribution in [0.25, 0.3) is 0 Å². The highest BCUT2D eigenvalue weighted by Crippen LogP contribution is 2.10. The van der Waals surface area contributed by atoms with E-state index in [4.69, 9.17) is 14.7 Å². The monoisotopic (exact) mass is 264 g/mol. The predicted octanol–water partition coefficient (Wildman–Crippen LogP) is 1.73. The van der Waals surface area contributed by atoms with Crippen molar-refractivity contribution in [2.45, 2.75) is 26.2 Å². The second kappa shape index (κ2) is 8.48. The van der Waals surface area contributed by atoms with Gasteiger partial charge in [0.05, 0.1) is 11.6 Å². The molecule has 0 saturated heterocycles. The molecule has 19 heavy (non-hydrogen) atoms. The Labute approximate surface area is 113 Å². The molecule has 1 atom stereocenters. The Morgan fingerprint density at radius 2 is 1.79 bits per heavy atom. The minimum Gasteiger partial charge on any atom is -0.386 e. The molecule has 0 saturated carbocycles. The summed E-state index contributed by atoms with van der Waals surface area (Å²) in [5.74, 6) is 0. The van der Waals surface area contributed by atoms with Crippen LogP contribution in [0.15, 0.2) is 24.3 Å². The van der Waals surface area contributed by atoms with Gasteiger partial charge in [-0.2, -0.15) is 5.26 Å². The fourth-order valence-electron chi connectivity index (χ4n) is 1.58. The van der Waals surface area contributed by atoms with Gasteiger partial charge in [0.25, 0.3) is 0 Å². The SMILES string of the molecule is CCOC(OCC)C(O)CNc1ccc(C#N)cc1. The van der Waals surface area contributed by atoms with Crippen LogP contribution < -0.4 is 5.32 Å². The molecule has 0 spiro atoms. The van der Waals surface area contributed by atoms with Crippen LogP contribution in [0, 0.1) is 11.3 Å². The highest BCUT2D eigenvalue weighted by atomic mass is 16.7. The highest BCUT2D eigenvalue weighted by Gasteiger charge is 2.19. The molecule has 1 aromatic carbocycles. The highest BCUT2D eigenvalue weighted by molar-refractivity contribution is 5.47. The molecule has 104 valence electrons. The quantitative estimate of drug-likeness (QED) is 0.699. The topological polar surface area (TPSA) is 74.5 Å². The zero-order chi connectivity index (χ0) is 14.1. The van der Waals surface area contributed by atoms with E-state index in [1.54, 1.807) is 24.3 Å². The molecule has 5 nitrogen and oxygen atoms in total. The number of anilines is 1. The van der Waals surface area contributed by atoms with Crippen LogP contribution in [0.1, 0.15) is 19.4 Å². The number of nitrogens with one attached hydrogen (secondary N) is 1. The Morgan fingerprint density at radius 1 is 1.21 bits per heavy atom. The van der Waals surface area contributed by atoms with E-state index in [2.05, 4.69) is 11.4 Å². The third kappa shape index (κ3) is 5.26. The van der Waals surface area contributed by atoms with E-state index in [1.165, 1.54) is 0 Å². The van der Waals surface area contributed by atoms with Crippen LogP contribution in [0.2, 0.25) is 0 Å². The van der Waals surface area contributed by atoms with Gasteiger partial charge in [0.2, 0.25) is 0 Å². The van der Waals surface area contributed by atoms with Crippen molar-refractivity contribution in [3.05, 3.63) is 29.8 Å². The van der Waals surface area contributed by atoms with Crippen LogP contribution in [0.5, 0.6) is 0 Å². The van der Waals surface area contributed by atoms with Crippen LogP contribution in [-0.4, -0.2) is 37.3 Å². The summed E-state index contributed by atoms with van der Waals surface area (Å²) in [6, 6.07) is 9.08. The van der Waals surface area contributed by atoms with Crippen molar-refractivity contribution in [1.82, 2.24) is 0 Å². The minimum atomic E-state index is -0.754. The number of nitriles is 1. The van der Waals surface area contributed by atoms with Crippen molar-refractivity contribution in [3.63, 3.8) is 0 Å². The van der Waals surface area contributed by atoms with Crippen molar-refractivity contribution >= 4 is 5.69 Å². The van der Waals surface area contributed by atoms with Crippen LogP contribution in [0.4, 0.5) is 5.69 Å². The lowest BCUT2D eigenvalue weighted by molar-refractivity contribution is -0.185. The number of ether oxygens (including phenoxy) is 2.